The van der Waals surface area contributed by atoms with Crippen molar-refractivity contribution in [2.24, 2.45) is 0 Å². The summed E-state index contributed by atoms with van der Waals surface area (Å²) in [5.41, 5.74) is 0.757. The maximum atomic E-state index is 10.7. The van der Waals surface area contributed by atoms with E-state index in [-0.39, 0.29) is 5.92 Å². The summed E-state index contributed by atoms with van der Waals surface area (Å²) in [7, 11) is 0. The smallest absolute Gasteiger partial charge is 0.117 e. The SMILES string of the molecule is OC(c1ccc(Cl)cc1)C(c1ccco1)c1ccco1. The molecule has 0 saturated carbocycles. The third-order valence-corrected chi connectivity index (χ3v) is 3.48. The minimum atomic E-state index is -0.774. The van der Waals surface area contributed by atoms with Gasteiger partial charge in [0, 0.05) is 5.02 Å². The van der Waals surface area contributed by atoms with Gasteiger partial charge >= 0.3 is 0 Å². The third-order valence-electron chi connectivity index (χ3n) is 3.23. The van der Waals surface area contributed by atoms with Gasteiger partial charge in [0.15, 0.2) is 0 Å². The highest BCUT2D eigenvalue weighted by Gasteiger charge is 2.29. The van der Waals surface area contributed by atoms with E-state index >= 15 is 0 Å². The number of rotatable bonds is 4. The zero-order valence-electron chi connectivity index (χ0n) is 10.6. The van der Waals surface area contributed by atoms with Gasteiger partial charge in [0.2, 0.25) is 0 Å². The molecule has 0 fully saturated rings. The molecule has 0 spiro atoms. The van der Waals surface area contributed by atoms with E-state index in [1.807, 2.05) is 12.1 Å². The normalized spacial score (nSPS) is 12.8. The van der Waals surface area contributed by atoms with Crippen LogP contribution in [0.1, 0.15) is 29.1 Å². The lowest BCUT2D eigenvalue weighted by molar-refractivity contribution is 0.139. The molecule has 4 heteroatoms. The predicted octanol–water partition coefficient (Wildman–Crippen LogP) is 4.39. The molecule has 102 valence electrons. The Bertz CT molecular complexity index is 607. The van der Waals surface area contributed by atoms with Crippen molar-refractivity contribution in [2.45, 2.75) is 12.0 Å². The average molecular weight is 289 g/mol. The Morgan fingerprint density at radius 3 is 1.85 bits per heavy atom. The van der Waals surface area contributed by atoms with E-state index < -0.39 is 6.10 Å². The van der Waals surface area contributed by atoms with Gasteiger partial charge in [0.05, 0.1) is 18.6 Å². The van der Waals surface area contributed by atoms with Crippen molar-refractivity contribution >= 4 is 11.6 Å². The van der Waals surface area contributed by atoms with Crippen molar-refractivity contribution in [3.05, 3.63) is 83.2 Å². The molecule has 3 rings (SSSR count). The van der Waals surface area contributed by atoms with Crippen LogP contribution in [0, 0.1) is 0 Å². The van der Waals surface area contributed by atoms with E-state index in [0.717, 1.165) is 5.56 Å². The number of benzene rings is 1. The Morgan fingerprint density at radius 2 is 1.40 bits per heavy atom. The molecule has 2 heterocycles. The van der Waals surface area contributed by atoms with Gasteiger partial charge < -0.3 is 13.9 Å². The van der Waals surface area contributed by atoms with Crippen molar-refractivity contribution in [1.29, 1.82) is 0 Å². The molecule has 1 atom stereocenters. The molecule has 0 saturated heterocycles. The van der Waals surface area contributed by atoms with Crippen LogP contribution in [0.15, 0.2) is 69.9 Å². The first kappa shape index (κ1) is 13.0. The fourth-order valence-corrected chi connectivity index (χ4v) is 2.37. The summed E-state index contributed by atoms with van der Waals surface area (Å²) in [6.45, 7) is 0. The second-order valence-corrected chi connectivity index (χ2v) is 4.94. The van der Waals surface area contributed by atoms with Gasteiger partial charge in [0.25, 0.3) is 0 Å². The number of aliphatic hydroxyl groups is 1. The lowest BCUT2D eigenvalue weighted by Gasteiger charge is -2.19. The highest BCUT2D eigenvalue weighted by Crippen LogP contribution is 2.37. The topological polar surface area (TPSA) is 46.5 Å². The number of halogens is 1. The summed E-state index contributed by atoms with van der Waals surface area (Å²) in [6, 6.07) is 14.3. The first-order valence-corrected chi connectivity index (χ1v) is 6.64. The molecular weight excluding hydrogens is 276 g/mol. The van der Waals surface area contributed by atoms with Gasteiger partial charge in [-0.05, 0) is 42.0 Å². The Labute approximate surface area is 121 Å². The summed E-state index contributed by atoms with van der Waals surface area (Å²) < 4.78 is 10.9. The molecule has 0 radical (unpaired) electrons. The van der Waals surface area contributed by atoms with Crippen LogP contribution in [-0.4, -0.2) is 5.11 Å². The highest BCUT2D eigenvalue weighted by molar-refractivity contribution is 6.30. The maximum Gasteiger partial charge on any atom is 0.117 e. The molecule has 3 nitrogen and oxygen atoms in total. The molecule has 2 aromatic heterocycles. The van der Waals surface area contributed by atoms with E-state index in [2.05, 4.69) is 0 Å². The Hall–Kier alpha value is -1.97. The van der Waals surface area contributed by atoms with E-state index in [1.165, 1.54) is 0 Å². The molecule has 1 unspecified atom stereocenters. The molecule has 3 aromatic rings. The molecular formula is C16H13ClO3. The lowest BCUT2D eigenvalue weighted by atomic mass is 9.91. The van der Waals surface area contributed by atoms with Crippen LogP contribution >= 0.6 is 11.6 Å². The standard InChI is InChI=1S/C16H13ClO3/c17-12-7-5-11(6-8-12)16(18)15(13-3-1-9-19-13)14-4-2-10-20-14/h1-10,15-16,18H. The Kier molecular flexibility index (Phi) is 3.63. The summed E-state index contributed by atoms with van der Waals surface area (Å²) in [5.74, 6) is 0.922. The number of furan rings is 2. The van der Waals surface area contributed by atoms with Gasteiger partial charge in [0.1, 0.15) is 17.4 Å². The van der Waals surface area contributed by atoms with E-state index in [0.29, 0.717) is 16.5 Å². The van der Waals surface area contributed by atoms with Crippen LogP contribution in [0.5, 0.6) is 0 Å². The summed E-state index contributed by atoms with van der Waals surface area (Å²) in [5, 5.41) is 11.3. The van der Waals surface area contributed by atoms with Gasteiger partial charge in [-0.1, -0.05) is 23.7 Å². The quantitative estimate of drug-likeness (QED) is 0.774. The van der Waals surface area contributed by atoms with Crippen LogP contribution in [0.2, 0.25) is 5.02 Å². The second kappa shape index (κ2) is 5.57. The van der Waals surface area contributed by atoms with Crippen molar-refractivity contribution in [2.75, 3.05) is 0 Å². The number of hydrogen-bond donors (Lipinski definition) is 1. The van der Waals surface area contributed by atoms with Crippen molar-refractivity contribution in [3.8, 4) is 0 Å². The summed E-state index contributed by atoms with van der Waals surface area (Å²) in [4.78, 5) is 0. The van der Waals surface area contributed by atoms with Crippen LogP contribution in [0.25, 0.3) is 0 Å². The Morgan fingerprint density at radius 1 is 0.850 bits per heavy atom. The van der Waals surface area contributed by atoms with Crippen molar-refractivity contribution < 1.29 is 13.9 Å². The van der Waals surface area contributed by atoms with E-state index in [4.69, 9.17) is 20.4 Å². The maximum absolute atomic E-state index is 10.7. The number of aliphatic hydroxyl groups excluding tert-OH is 1. The van der Waals surface area contributed by atoms with Crippen LogP contribution < -0.4 is 0 Å². The highest BCUT2D eigenvalue weighted by atomic mass is 35.5. The van der Waals surface area contributed by atoms with Crippen LogP contribution in [-0.2, 0) is 0 Å². The Balaban J connectivity index is 1.99. The summed E-state index contributed by atoms with van der Waals surface area (Å²) in [6.07, 6.45) is 2.39. The van der Waals surface area contributed by atoms with Crippen LogP contribution in [0.3, 0.4) is 0 Å². The molecule has 0 aliphatic rings. The van der Waals surface area contributed by atoms with Gasteiger partial charge in [-0.2, -0.15) is 0 Å². The van der Waals surface area contributed by atoms with Crippen LogP contribution in [0.4, 0.5) is 0 Å². The third kappa shape index (κ3) is 2.50. The molecule has 0 aliphatic heterocycles. The fraction of sp³-hybridized carbons (Fsp3) is 0.125. The largest absolute Gasteiger partial charge is 0.468 e. The summed E-state index contributed by atoms with van der Waals surface area (Å²) >= 11 is 5.88. The predicted molar refractivity (Wildman–Crippen MR) is 75.7 cm³/mol. The van der Waals surface area contributed by atoms with Crippen molar-refractivity contribution in [3.63, 3.8) is 0 Å². The van der Waals surface area contributed by atoms with Crippen molar-refractivity contribution in [1.82, 2.24) is 0 Å². The molecule has 1 N–H and O–H groups in total. The average Bonchev–Trinajstić information content (AvgIpc) is 3.13. The monoisotopic (exact) mass is 288 g/mol. The zero-order valence-corrected chi connectivity index (χ0v) is 11.3. The molecule has 0 aliphatic carbocycles. The second-order valence-electron chi connectivity index (χ2n) is 4.50. The van der Waals surface area contributed by atoms with Gasteiger partial charge in [-0.25, -0.2) is 0 Å². The minimum Gasteiger partial charge on any atom is -0.468 e. The number of hydrogen-bond acceptors (Lipinski definition) is 3. The first-order valence-electron chi connectivity index (χ1n) is 6.26. The first-order chi connectivity index (χ1) is 9.75. The molecule has 0 amide bonds. The zero-order chi connectivity index (χ0) is 13.9. The van der Waals surface area contributed by atoms with Gasteiger partial charge in [-0.15, -0.1) is 0 Å². The minimum absolute atomic E-state index is 0.388. The molecule has 0 bridgehead atoms. The van der Waals surface area contributed by atoms with E-state index in [1.54, 1.807) is 48.9 Å². The lowest BCUT2D eigenvalue weighted by Crippen LogP contribution is -2.11. The molecule has 1 aromatic carbocycles. The molecule has 20 heavy (non-hydrogen) atoms. The van der Waals surface area contributed by atoms with Gasteiger partial charge in [-0.3, -0.25) is 0 Å². The van der Waals surface area contributed by atoms with E-state index in [9.17, 15) is 5.11 Å². The fourth-order valence-electron chi connectivity index (χ4n) is 2.24.